The lowest BCUT2D eigenvalue weighted by Gasteiger charge is -2.36. The fourth-order valence-electron chi connectivity index (χ4n) is 4.06. The maximum atomic E-state index is 12.6. The van der Waals surface area contributed by atoms with Crippen molar-refractivity contribution in [2.75, 3.05) is 42.9 Å². The Labute approximate surface area is 209 Å². The van der Waals surface area contributed by atoms with Gasteiger partial charge in [-0.05, 0) is 54.6 Å². The molecule has 0 aliphatic carbocycles. The van der Waals surface area contributed by atoms with Gasteiger partial charge in [0.1, 0.15) is 0 Å². The van der Waals surface area contributed by atoms with Crippen molar-refractivity contribution >= 4 is 40.4 Å². The number of nitrogens with one attached hydrogen (secondary N) is 2. The number of anilines is 2. The van der Waals surface area contributed by atoms with Crippen LogP contribution in [0.3, 0.4) is 0 Å². The molecule has 1 aliphatic rings. The SMILES string of the molecule is O=C(CCCc1cccs1)Nc1cccc(C(=O)NCC(=O)N2CCN(c3ccccc3)CC2)c1. The lowest BCUT2D eigenvalue weighted by Crippen LogP contribution is -2.51. The number of hydrogen-bond acceptors (Lipinski definition) is 5. The average molecular weight is 491 g/mol. The number of carbonyl (C=O) groups excluding carboxylic acids is 3. The van der Waals surface area contributed by atoms with E-state index in [4.69, 9.17) is 0 Å². The molecular formula is C27H30N4O3S. The quantitative estimate of drug-likeness (QED) is 0.478. The van der Waals surface area contributed by atoms with Gasteiger partial charge < -0.3 is 20.4 Å². The smallest absolute Gasteiger partial charge is 0.251 e. The van der Waals surface area contributed by atoms with Crippen LogP contribution in [0.1, 0.15) is 28.1 Å². The lowest BCUT2D eigenvalue weighted by molar-refractivity contribution is -0.130. The average Bonchev–Trinajstić information content (AvgIpc) is 3.41. The molecular weight excluding hydrogens is 460 g/mol. The van der Waals surface area contributed by atoms with E-state index in [2.05, 4.69) is 33.7 Å². The van der Waals surface area contributed by atoms with Gasteiger partial charge in [0.05, 0.1) is 6.54 Å². The van der Waals surface area contributed by atoms with Gasteiger partial charge in [0.2, 0.25) is 11.8 Å². The summed E-state index contributed by atoms with van der Waals surface area (Å²) in [6.07, 6.45) is 2.07. The third-order valence-corrected chi connectivity index (χ3v) is 6.91. The Hall–Kier alpha value is -3.65. The number of aryl methyl sites for hydroxylation is 1. The predicted molar refractivity (Wildman–Crippen MR) is 140 cm³/mol. The molecule has 0 atom stereocenters. The number of thiophene rings is 1. The summed E-state index contributed by atoms with van der Waals surface area (Å²) in [6, 6.07) is 21.0. The minimum Gasteiger partial charge on any atom is -0.368 e. The van der Waals surface area contributed by atoms with E-state index in [0.717, 1.165) is 31.6 Å². The Morgan fingerprint density at radius 2 is 1.69 bits per heavy atom. The second-order valence-electron chi connectivity index (χ2n) is 8.45. The molecule has 3 aromatic rings. The largest absolute Gasteiger partial charge is 0.368 e. The first-order valence-electron chi connectivity index (χ1n) is 11.9. The summed E-state index contributed by atoms with van der Waals surface area (Å²) in [6.45, 7) is 2.72. The van der Waals surface area contributed by atoms with Crippen molar-refractivity contribution in [1.29, 1.82) is 0 Å². The number of para-hydroxylation sites is 1. The van der Waals surface area contributed by atoms with Crippen molar-refractivity contribution in [1.82, 2.24) is 10.2 Å². The number of hydrogen-bond donors (Lipinski definition) is 2. The molecule has 1 aromatic heterocycles. The van der Waals surface area contributed by atoms with Crippen molar-refractivity contribution in [3.05, 3.63) is 82.6 Å². The van der Waals surface area contributed by atoms with Gasteiger partial charge in [-0.25, -0.2) is 0 Å². The summed E-state index contributed by atoms with van der Waals surface area (Å²) in [5, 5.41) is 7.60. The van der Waals surface area contributed by atoms with Gasteiger partial charge in [-0.2, -0.15) is 0 Å². The van der Waals surface area contributed by atoms with Crippen molar-refractivity contribution in [2.24, 2.45) is 0 Å². The predicted octanol–water partition coefficient (Wildman–Crippen LogP) is 3.79. The Balaban J connectivity index is 1.20. The molecule has 2 heterocycles. The monoisotopic (exact) mass is 490 g/mol. The highest BCUT2D eigenvalue weighted by molar-refractivity contribution is 7.09. The number of amides is 3. The van der Waals surface area contributed by atoms with Gasteiger partial charge in [0.15, 0.2) is 0 Å². The molecule has 4 rings (SSSR count). The summed E-state index contributed by atoms with van der Waals surface area (Å²) in [5.41, 5.74) is 2.13. The Morgan fingerprint density at radius 3 is 2.43 bits per heavy atom. The fourth-order valence-corrected chi connectivity index (χ4v) is 4.81. The number of nitrogens with zero attached hydrogens (tertiary/aromatic N) is 2. The van der Waals surface area contributed by atoms with E-state index in [0.29, 0.717) is 30.8 Å². The van der Waals surface area contributed by atoms with Gasteiger partial charge in [-0.3, -0.25) is 14.4 Å². The van der Waals surface area contributed by atoms with Gasteiger partial charge in [0.25, 0.3) is 5.91 Å². The van der Waals surface area contributed by atoms with Crippen molar-refractivity contribution in [3.63, 3.8) is 0 Å². The highest BCUT2D eigenvalue weighted by Crippen LogP contribution is 2.16. The molecule has 8 heteroatoms. The number of rotatable bonds is 9. The Morgan fingerprint density at radius 1 is 0.886 bits per heavy atom. The first kappa shape index (κ1) is 24.5. The molecule has 7 nitrogen and oxygen atoms in total. The van der Waals surface area contributed by atoms with E-state index in [1.165, 1.54) is 4.88 Å². The van der Waals surface area contributed by atoms with Gasteiger partial charge in [-0.1, -0.05) is 30.3 Å². The van der Waals surface area contributed by atoms with Crippen LogP contribution in [0.15, 0.2) is 72.1 Å². The molecule has 3 amide bonds. The lowest BCUT2D eigenvalue weighted by atomic mass is 10.1. The third kappa shape index (κ3) is 7.16. The fraction of sp³-hybridized carbons (Fsp3) is 0.296. The topological polar surface area (TPSA) is 81.8 Å². The van der Waals surface area contributed by atoms with E-state index in [-0.39, 0.29) is 24.3 Å². The van der Waals surface area contributed by atoms with Crippen LogP contribution in [0, 0.1) is 0 Å². The number of piperazine rings is 1. The molecule has 0 saturated carbocycles. The first-order chi connectivity index (χ1) is 17.1. The molecule has 0 spiro atoms. The van der Waals surface area contributed by atoms with Gasteiger partial charge >= 0.3 is 0 Å². The van der Waals surface area contributed by atoms with Crippen LogP contribution in [0.2, 0.25) is 0 Å². The summed E-state index contributed by atoms with van der Waals surface area (Å²) < 4.78 is 0. The molecule has 1 saturated heterocycles. The first-order valence-corrected chi connectivity index (χ1v) is 12.7. The summed E-state index contributed by atoms with van der Waals surface area (Å²) in [4.78, 5) is 42.8. The van der Waals surface area contributed by atoms with Gasteiger partial charge in [0, 0.05) is 54.4 Å². The highest BCUT2D eigenvalue weighted by Gasteiger charge is 2.21. The van der Waals surface area contributed by atoms with E-state index in [1.807, 2.05) is 29.6 Å². The van der Waals surface area contributed by atoms with Crippen molar-refractivity contribution in [3.8, 4) is 0 Å². The number of benzene rings is 2. The number of carbonyl (C=O) groups is 3. The highest BCUT2D eigenvalue weighted by atomic mass is 32.1. The molecule has 1 fully saturated rings. The molecule has 2 aromatic carbocycles. The maximum Gasteiger partial charge on any atom is 0.251 e. The standard InChI is InChI=1S/C27H30N4O3S/c32-25(13-5-11-24-12-6-18-35-24)29-22-8-4-7-21(19-22)27(34)28-20-26(33)31-16-14-30(15-17-31)23-9-2-1-3-10-23/h1-4,6-10,12,18-19H,5,11,13-17,20H2,(H,28,34)(H,29,32). The van der Waals surface area contributed by atoms with Crippen LogP contribution in [-0.4, -0.2) is 55.3 Å². The van der Waals surface area contributed by atoms with E-state index < -0.39 is 0 Å². The molecule has 0 radical (unpaired) electrons. The molecule has 182 valence electrons. The maximum absolute atomic E-state index is 12.6. The summed E-state index contributed by atoms with van der Waals surface area (Å²) in [7, 11) is 0. The normalized spacial score (nSPS) is 13.4. The molecule has 2 N–H and O–H groups in total. The zero-order valence-electron chi connectivity index (χ0n) is 19.6. The summed E-state index contributed by atoms with van der Waals surface area (Å²) in [5.74, 6) is -0.514. The van der Waals surface area contributed by atoms with E-state index >= 15 is 0 Å². The third-order valence-electron chi connectivity index (χ3n) is 5.97. The van der Waals surface area contributed by atoms with Crippen LogP contribution < -0.4 is 15.5 Å². The molecule has 1 aliphatic heterocycles. The van der Waals surface area contributed by atoms with Crippen LogP contribution in [0.5, 0.6) is 0 Å². The van der Waals surface area contributed by atoms with Crippen LogP contribution in [0.4, 0.5) is 11.4 Å². The molecule has 0 bridgehead atoms. The van der Waals surface area contributed by atoms with E-state index in [1.54, 1.807) is 40.5 Å². The molecule has 0 unspecified atom stereocenters. The summed E-state index contributed by atoms with van der Waals surface area (Å²) >= 11 is 1.69. The van der Waals surface area contributed by atoms with E-state index in [9.17, 15) is 14.4 Å². The second kappa shape index (κ2) is 12.2. The zero-order chi connectivity index (χ0) is 24.5. The van der Waals surface area contributed by atoms with Crippen LogP contribution >= 0.6 is 11.3 Å². The van der Waals surface area contributed by atoms with Crippen molar-refractivity contribution in [2.45, 2.75) is 19.3 Å². The Bertz CT molecular complexity index is 1130. The minimum atomic E-state index is -0.338. The van der Waals surface area contributed by atoms with Gasteiger partial charge in [-0.15, -0.1) is 11.3 Å². The minimum absolute atomic E-state index is 0.0521. The molecule has 35 heavy (non-hydrogen) atoms. The Kier molecular flexibility index (Phi) is 8.51. The van der Waals surface area contributed by atoms with Crippen molar-refractivity contribution < 1.29 is 14.4 Å². The van der Waals surface area contributed by atoms with Crippen LogP contribution in [-0.2, 0) is 16.0 Å². The van der Waals surface area contributed by atoms with Crippen LogP contribution in [0.25, 0.3) is 0 Å². The zero-order valence-corrected chi connectivity index (χ0v) is 20.4. The second-order valence-corrected chi connectivity index (χ2v) is 9.48.